The highest BCUT2D eigenvalue weighted by molar-refractivity contribution is 14.1. The fraction of sp³-hybridized carbons (Fsp3) is 0.455. The molecular formula is C11H15IN2O3. The van der Waals surface area contributed by atoms with Gasteiger partial charge < -0.3 is 14.8 Å². The zero-order valence-corrected chi connectivity index (χ0v) is 11.9. The molecule has 0 aromatic carbocycles. The predicted octanol–water partition coefficient (Wildman–Crippen LogP) is 1.16. The molecule has 5 nitrogen and oxygen atoms in total. The molecule has 0 saturated heterocycles. The highest BCUT2D eigenvalue weighted by Gasteiger charge is 2.14. The maximum Gasteiger partial charge on any atom is 0.319 e. The number of esters is 1. The second kappa shape index (κ2) is 7.44. The maximum atomic E-state index is 11.2. The van der Waals surface area contributed by atoms with Crippen molar-refractivity contribution in [2.24, 2.45) is 0 Å². The van der Waals surface area contributed by atoms with E-state index in [-0.39, 0.29) is 9.89 Å². The first-order valence-electron chi connectivity index (χ1n) is 5.09. The summed E-state index contributed by atoms with van der Waals surface area (Å²) < 4.78 is 9.57. The van der Waals surface area contributed by atoms with E-state index in [1.807, 2.05) is 34.7 Å². The molecule has 1 aromatic rings. The Morgan fingerprint density at radius 3 is 3.00 bits per heavy atom. The molecule has 1 aromatic heterocycles. The summed E-state index contributed by atoms with van der Waals surface area (Å²) in [4.78, 5) is 15.3. The van der Waals surface area contributed by atoms with Crippen LogP contribution in [0.15, 0.2) is 18.3 Å². The number of carbonyl (C=O) groups is 1. The van der Waals surface area contributed by atoms with Gasteiger partial charge in [0.1, 0.15) is 3.92 Å². The summed E-state index contributed by atoms with van der Waals surface area (Å²) in [7, 11) is 2.97. The molecule has 1 atom stereocenters. The number of ether oxygens (including phenoxy) is 2. The second-order valence-corrected chi connectivity index (χ2v) is 4.80. The van der Waals surface area contributed by atoms with E-state index in [1.54, 1.807) is 13.3 Å². The molecule has 0 amide bonds. The van der Waals surface area contributed by atoms with Crippen LogP contribution in [0.25, 0.3) is 0 Å². The van der Waals surface area contributed by atoms with E-state index in [0.717, 1.165) is 5.56 Å². The van der Waals surface area contributed by atoms with Crippen molar-refractivity contribution in [3.05, 3.63) is 23.9 Å². The number of halogens is 1. The Bertz CT molecular complexity index is 373. The third-order valence-corrected chi connectivity index (χ3v) is 3.09. The summed E-state index contributed by atoms with van der Waals surface area (Å²) in [5.41, 5.74) is 0.962. The van der Waals surface area contributed by atoms with Gasteiger partial charge in [-0.05, 0) is 6.07 Å². The van der Waals surface area contributed by atoms with Gasteiger partial charge in [0.25, 0.3) is 0 Å². The van der Waals surface area contributed by atoms with Gasteiger partial charge in [0.2, 0.25) is 5.88 Å². The van der Waals surface area contributed by atoms with Crippen molar-refractivity contribution in [1.82, 2.24) is 10.3 Å². The largest absolute Gasteiger partial charge is 0.481 e. The van der Waals surface area contributed by atoms with E-state index < -0.39 is 0 Å². The molecule has 0 fully saturated rings. The maximum absolute atomic E-state index is 11.2. The van der Waals surface area contributed by atoms with Gasteiger partial charge >= 0.3 is 5.97 Å². The number of methoxy groups -OCH3 is 2. The average Bonchev–Trinajstić information content (AvgIpc) is 2.38. The summed E-state index contributed by atoms with van der Waals surface area (Å²) in [6.45, 7) is 1.15. The van der Waals surface area contributed by atoms with Gasteiger partial charge in [-0.15, -0.1) is 0 Å². The number of nitrogens with zero attached hydrogens (tertiary/aromatic N) is 1. The van der Waals surface area contributed by atoms with Gasteiger partial charge in [0.15, 0.2) is 0 Å². The van der Waals surface area contributed by atoms with Gasteiger partial charge in [-0.1, -0.05) is 28.7 Å². The van der Waals surface area contributed by atoms with Crippen LogP contribution in [0.2, 0.25) is 0 Å². The van der Waals surface area contributed by atoms with Crippen molar-refractivity contribution in [2.75, 3.05) is 20.8 Å². The van der Waals surface area contributed by atoms with Crippen molar-refractivity contribution in [2.45, 2.75) is 10.5 Å². The van der Waals surface area contributed by atoms with Gasteiger partial charge in [-0.3, -0.25) is 4.79 Å². The number of rotatable bonds is 6. The van der Waals surface area contributed by atoms with E-state index in [9.17, 15) is 4.79 Å². The smallest absolute Gasteiger partial charge is 0.319 e. The number of hydrogen-bond donors (Lipinski definition) is 1. The number of hydrogen-bond acceptors (Lipinski definition) is 5. The lowest BCUT2D eigenvalue weighted by Crippen LogP contribution is -2.29. The topological polar surface area (TPSA) is 60.5 Å². The Balaban J connectivity index is 2.43. The Hall–Kier alpha value is -0.890. The molecule has 0 saturated carbocycles. The van der Waals surface area contributed by atoms with Crippen LogP contribution >= 0.6 is 22.6 Å². The molecule has 6 heteroatoms. The summed E-state index contributed by atoms with van der Waals surface area (Å²) in [5.74, 6) is 0.374. The fourth-order valence-electron chi connectivity index (χ4n) is 1.29. The standard InChI is InChI=1S/C11H15IN2O3/c1-16-10-8(4-3-5-14-10)6-13-7-9(12)11(15)17-2/h3-5,9,13H,6-7H2,1-2H3. The van der Waals surface area contributed by atoms with E-state index >= 15 is 0 Å². The van der Waals surface area contributed by atoms with E-state index in [0.29, 0.717) is 19.0 Å². The molecule has 0 aliphatic rings. The SMILES string of the molecule is COC(=O)C(I)CNCc1cccnc1OC. The molecule has 0 bridgehead atoms. The monoisotopic (exact) mass is 350 g/mol. The third kappa shape index (κ3) is 4.47. The quantitative estimate of drug-likeness (QED) is 0.474. The number of aromatic nitrogens is 1. The minimum absolute atomic E-state index is 0.194. The number of nitrogens with one attached hydrogen (secondary N) is 1. The van der Waals surface area contributed by atoms with Crippen LogP contribution in [0.1, 0.15) is 5.56 Å². The van der Waals surface area contributed by atoms with Gasteiger partial charge in [0, 0.05) is 24.8 Å². The molecule has 94 valence electrons. The van der Waals surface area contributed by atoms with Gasteiger partial charge in [-0.2, -0.15) is 0 Å². The summed E-state index contributed by atoms with van der Waals surface area (Å²) in [5, 5.41) is 3.16. The number of pyridine rings is 1. The van der Waals surface area contributed by atoms with Crippen LogP contribution in [0.4, 0.5) is 0 Å². The lowest BCUT2D eigenvalue weighted by Gasteiger charge is -2.10. The van der Waals surface area contributed by atoms with Crippen LogP contribution in [-0.4, -0.2) is 35.6 Å². The van der Waals surface area contributed by atoms with Gasteiger partial charge in [0.05, 0.1) is 14.2 Å². The molecule has 1 unspecified atom stereocenters. The first-order valence-corrected chi connectivity index (χ1v) is 6.34. The lowest BCUT2D eigenvalue weighted by molar-refractivity contribution is -0.139. The van der Waals surface area contributed by atoms with Crippen LogP contribution in [0.5, 0.6) is 5.88 Å². The molecule has 0 aliphatic heterocycles. The Morgan fingerprint density at radius 2 is 2.35 bits per heavy atom. The minimum Gasteiger partial charge on any atom is -0.481 e. The summed E-state index contributed by atoms with van der Waals surface area (Å²) in [6.07, 6.45) is 1.68. The Labute approximate surface area is 114 Å². The van der Waals surface area contributed by atoms with Crippen LogP contribution < -0.4 is 10.1 Å². The molecule has 0 radical (unpaired) electrons. The molecule has 1 rings (SSSR count). The van der Waals surface area contributed by atoms with Crippen LogP contribution in [0, 0.1) is 0 Å². The number of carbonyl (C=O) groups excluding carboxylic acids is 1. The Kier molecular flexibility index (Phi) is 6.20. The van der Waals surface area contributed by atoms with Crippen molar-refractivity contribution < 1.29 is 14.3 Å². The summed E-state index contributed by atoms with van der Waals surface area (Å²) in [6, 6.07) is 3.78. The lowest BCUT2D eigenvalue weighted by atomic mass is 10.2. The van der Waals surface area contributed by atoms with E-state index in [2.05, 4.69) is 15.0 Å². The molecule has 1 N–H and O–H groups in total. The second-order valence-electron chi connectivity index (χ2n) is 3.29. The zero-order chi connectivity index (χ0) is 12.7. The zero-order valence-electron chi connectivity index (χ0n) is 9.77. The third-order valence-electron chi connectivity index (χ3n) is 2.14. The van der Waals surface area contributed by atoms with Crippen LogP contribution in [-0.2, 0) is 16.1 Å². The predicted molar refractivity (Wildman–Crippen MR) is 72.3 cm³/mol. The van der Waals surface area contributed by atoms with Crippen molar-refractivity contribution in [1.29, 1.82) is 0 Å². The van der Waals surface area contributed by atoms with Crippen LogP contribution in [0.3, 0.4) is 0 Å². The molecule has 0 aliphatic carbocycles. The molecule has 1 heterocycles. The van der Waals surface area contributed by atoms with Crippen molar-refractivity contribution >= 4 is 28.6 Å². The highest BCUT2D eigenvalue weighted by Crippen LogP contribution is 2.13. The summed E-state index contributed by atoms with van der Waals surface area (Å²) >= 11 is 2.04. The molecule has 17 heavy (non-hydrogen) atoms. The first kappa shape index (κ1) is 14.2. The average molecular weight is 350 g/mol. The highest BCUT2D eigenvalue weighted by atomic mass is 127. The van der Waals surface area contributed by atoms with Crippen molar-refractivity contribution in [3.63, 3.8) is 0 Å². The Morgan fingerprint density at radius 1 is 1.59 bits per heavy atom. The van der Waals surface area contributed by atoms with Crippen molar-refractivity contribution in [3.8, 4) is 5.88 Å². The number of alkyl halides is 1. The molecular weight excluding hydrogens is 335 g/mol. The van der Waals surface area contributed by atoms with Gasteiger partial charge in [-0.25, -0.2) is 4.98 Å². The molecule has 0 spiro atoms. The van der Waals surface area contributed by atoms with E-state index in [1.165, 1.54) is 7.11 Å². The normalized spacial score (nSPS) is 11.9. The first-order chi connectivity index (χ1) is 8.19. The van der Waals surface area contributed by atoms with E-state index in [4.69, 9.17) is 4.74 Å². The minimum atomic E-state index is -0.226. The fourth-order valence-corrected chi connectivity index (χ4v) is 1.85.